The van der Waals surface area contributed by atoms with Gasteiger partial charge in [0.15, 0.2) is 0 Å². The number of rotatable bonds is 13. The molecule has 0 fully saturated rings. The van der Waals surface area contributed by atoms with Crippen molar-refractivity contribution in [1.29, 1.82) is 0 Å². The molecule has 4 nitrogen and oxygen atoms in total. The highest BCUT2D eigenvalue weighted by molar-refractivity contribution is 5.76. The summed E-state index contributed by atoms with van der Waals surface area (Å²) in [6, 6.07) is -0.645. The van der Waals surface area contributed by atoms with Crippen LogP contribution in [0.25, 0.3) is 0 Å². The molecular weight excluding hydrogens is 242 g/mol. The van der Waals surface area contributed by atoms with Gasteiger partial charge < -0.3 is 10.0 Å². The fourth-order valence-electron chi connectivity index (χ4n) is 2.27. The van der Waals surface area contributed by atoms with Crippen LogP contribution in [-0.4, -0.2) is 35.0 Å². The van der Waals surface area contributed by atoms with Crippen LogP contribution in [0.1, 0.15) is 71.6 Å². The average Bonchev–Trinajstić information content (AvgIpc) is 2.39. The van der Waals surface area contributed by atoms with Gasteiger partial charge in [-0.05, 0) is 12.8 Å². The number of carboxylic acids is 1. The summed E-state index contributed by atoms with van der Waals surface area (Å²) in [5.74, 6) is -0.883. The Kier molecular flexibility index (Phi) is 11.3. The molecule has 0 saturated heterocycles. The van der Waals surface area contributed by atoms with Crippen molar-refractivity contribution in [1.82, 2.24) is 4.90 Å². The van der Waals surface area contributed by atoms with Gasteiger partial charge in [0.1, 0.15) is 6.04 Å². The number of carbonyl (C=O) groups excluding carboxylic acids is 1. The molecule has 1 N–H and O–H groups in total. The Morgan fingerprint density at radius 3 is 2.11 bits per heavy atom. The lowest BCUT2D eigenvalue weighted by Crippen LogP contribution is -2.40. The SMILES string of the molecule is CCCCCCCCCC(C(=O)O)N(C=O)CCC. The molecule has 4 heteroatoms. The summed E-state index contributed by atoms with van der Waals surface area (Å²) < 4.78 is 0. The number of unbranched alkanes of at least 4 members (excludes halogenated alkanes) is 6. The largest absolute Gasteiger partial charge is 0.480 e. The van der Waals surface area contributed by atoms with Crippen LogP contribution < -0.4 is 0 Å². The normalized spacial score (nSPS) is 12.1. The highest BCUT2D eigenvalue weighted by Crippen LogP contribution is 2.13. The Hall–Kier alpha value is -1.06. The van der Waals surface area contributed by atoms with Crippen LogP contribution in [-0.2, 0) is 9.59 Å². The van der Waals surface area contributed by atoms with E-state index in [9.17, 15) is 14.7 Å². The number of carbonyl (C=O) groups is 2. The number of carboxylic acid groups (broad SMARTS) is 1. The van der Waals surface area contributed by atoms with Gasteiger partial charge in [-0.1, -0.05) is 58.8 Å². The van der Waals surface area contributed by atoms with Gasteiger partial charge in [0.2, 0.25) is 6.41 Å². The Labute approximate surface area is 117 Å². The molecule has 0 radical (unpaired) electrons. The third-order valence-electron chi connectivity index (χ3n) is 3.38. The van der Waals surface area contributed by atoms with Gasteiger partial charge >= 0.3 is 5.97 Å². The first-order valence-electron chi connectivity index (χ1n) is 7.61. The molecule has 0 aliphatic carbocycles. The van der Waals surface area contributed by atoms with E-state index in [4.69, 9.17) is 0 Å². The summed E-state index contributed by atoms with van der Waals surface area (Å²) in [6.07, 6.45) is 10.2. The van der Waals surface area contributed by atoms with E-state index in [1.165, 1.54) is 37.0 Å². The Bertz CT molecular complexity index is 244. The molecule has 0 aromatic carbocycles. The maximum atomic E-state index is 11.2. The first-order valence-corrected chi connectivity index (χ1v) is 7.61. The van der Waals surface area contributed by atoms with Crippen molar-refractivity contribution in [2.24, 2.45) is 0 Å². The minimum absolute atomic E-state index is 0.525. The quantitative estimate of drug-likeness (QED) is 0.412. The van der Waals surface area contributed by atoms with Crippen molar-refractivity contribution >= 4 is 12.4 Å². The Balaban J connectivity index is 3.88. The van der Waals surface area contributed by atoms with Gasteiger partial charge in [-0.15, -0.1) is 0 Å². The molecule has 0 spiro atoms. The third kappa shape index (κ3) is 8.62. The van der Waals surface area contributed by atoms with Gasteiger partial charge in [-0.2, -0.15) is 0 Å². The first kappa shape index (κ1) is 17.9. The standard InChI is InChI=1S/C15H29NO3/c1-3-5-6-7-8-9-10-11-14(15(18)19)16(13-17)12-4-2/h13-14H,3-12H2,1-2H3,(H,18,19). The van der Waals surface area contributed by atoms with Crippen molar-refractivity contribution in [3.05, 3.63) is 0 Å². The minimum atomic E-state index is -0.883. The highest BCUT2D eigenvalue weighted by Gasteiger charge is 2.22. The van der Waals surface area contributed by atoms with Gasteiger partial charge in [-0.3, -0.25) is 4.79 Å². The number of amides is 1. The van der Waals surface area contributed by atoms with Gasteiger partial charge in [0.05, 0.1) is 0 Å². The minimum Gasteiger partial charge on any atom is -0.480 e. The van der Waals surface area contributed by atoms with Crippen LogP contribution in [0.5, 0.6) is 0 Å². The monoisotopic (exact) mass is 271 g/mol. The first-order chi connectivity index (χ1) is 9.17. The van der Waals surface area contributed by atoms with Crippen LogP contribution in [0.4, 0.5) is 0 Å². The lowest BCUT2D eigenvalue weighted by atomic mass is 10.0. The van der Waals surface area contributed by atoms with E-state index in [1.54, 1.807) is 0 Å². The molecule has 0 aromatic heterocycles. The molecule has 0 heterocycles. The van der Waals surface area contributed by atoms with E-state index in [-0.39, 0.29) is 0 Å². The van der Waals surface area contributed by atoms with Crippen molar-refractivity contribution in [3.63, 3.8) is 0 Å². The van der Waals surface area contributed by atoms with E-state index >= 15 is 0 Å². The topological polar surface area (TPSA) is 57.6 Å². The molecule has 0 aromatic rings. The van der Waals surface area contributed by atoms with Crippen LogP contribution in [0.2, 0.25) is 0 Å². The number of hydrogen-bond donors (Lipinski definition) is 1. The predicted octanol–water partition coefficient (Wildman–Crippen LogP) is 3.45. The van der Waals surface area contributed by atoms with Crippen LogP contribution in [0.15, 0.2) is 0 Å². The molecule has 1 unspecified atom stereocenters. The Morgan fingerprint density at radius 1 is 1.05 bits per heavy atom. The van der Waals surface area contributed by atoms with E-state index in [0.717, 1.165) is 19.3 Å². The zero-order valence-electron chi connectivity index (χ0n) is 12.4. The van der Waals surface area contributed by atoms with Gasteiger partial charge in [0, 0.05) is 6.54 Å². The van der Waals surface area contributed by atoms with E-state index in [2.05, 4.69) is 6.92 Å². The van der Waals surface area contributed by atoms with Crippen molar-refractivity contribution in [3.8, 4) is 0 Å². The fraction of sp³-hybridized carbons (Fsp3) is 0.867. The zero-order valence-corrected chi connectivity index (χ0v) is 12.4. The summed E-state index contributed by atoms with van der Waals surface area (Å²) in [7, 11) is 0. The summed E-state index contributed by atoms with van der Waals surface area (Å²) in [5, 5.41) is 9.17. The second-order valence-electron chi connectivity index (χ2n) is 5.11. The second-order valence-corrected chi connectivity index (χ2v) is 5.11. The number of aliphatic carboxylic acids is 1. The highest BCUT2D eigenvalue weighted by atomic mass is 16.4. The summed E-state index contributed by atoms with van der Waals surface area (Å²) in [5.41, 5.74) is 0. The molecule has 19 heavy (non-hydrogen) atoms. The second kappa shape index (κ2) is 12.0. The van der Waals surface area contributed by atoms with E-state index < -0.39 is 12.0 Å². The summed E-state index contributed by atoms with van der Waals surface area (Å²) >= 11 is 0. The number of hydrogen-bond acceptors (Lipinski definition) is 2. The molecule has 0 saturated carbocycles. The van der Waals surface area contributed by atoms with E-state index in [1.807, 2.05) is 6.92 Å². The maximum absolute atomic E-state index is 11.2. The fourth-order valence-corrected chi connectivity index (χ4v) is 2.27. The van der Waals surface area contributed by atoms with Crippen molar-refractivity contribution in [2.45, 2.75) is 77.7 Å². The summed E-state index contributed by atoms with van der Waals surface area (Å²) in [6.45, 7) is 4.67. The zero-order chi connectivity index (χ0) is 14.5. The lowest BCUT2D eigenvalue weighted by Gasteiger charge is -2.24. The number of nitrogens with zero attached hydrogens (tertiary/aromatic N) is 1. The molecule has 0 aliphatic heterocycles. The molecule has 0 rings (SSSR count). The van der Waals surface area contributed by atoms with Crippen LogP contribution in [0.3, 0.4) is 0 Å². The summed E-state index contributed by atoms with van der Waals surface area (Å²) in [4.78, 5) is 23.5. The van der Waals surface area contributed by atoms with Gasteiger partial charge in [-0.25, -0.2) is 4.79 Å². The molecule has 112 valence electrons. The molecule has 1 amide bonds. The van der Waals surface area contributed by atoms with Crippen molar-refractivity contribution in [2.75, 3.05) is 6.54 Å². The molecule has 0 aliphatic rings. The van der Waals surface area contributed by atoms with Gasteiger partial charge in [0.25, 0.3) is 0 Å². The average molecular weight is 271 g/mol. The van der Waals surface area contributed by atoms with E-state index in [0.29, 0.717) is 19.4 Å². The van der Waals surface area contributed by atoms with Crippen LogP contribution >= 0.6 is 0 Å². The molecule has 1 atom stereocenters. The maximum Gasteiger partial charge on any atom is 0.326 e. The molecular formula is C15H29NO3. The molecule has 0 bridgehead atoms. The van der Waals surface area contributed by atoms with Crippen molar-refractivity contribution < 1.29 is 14.7 Å². The lowest BCUT2D eigenvalue weighted by molar-refractivity contribution is -0.146. The Morgan fingerprint density at radius 2 is 1.63 bits per heavy atom. The third-order valence-corrected chi connectivity index (χ3v) is 3.38. The predicted molar refractivity (Wildman–Crippen MR) is 77.1 cm³/mol. The van der Waals surface area contributed by atoms with Crippen LogP contribution in [0, 0.1) is 0 Å². The smallest absolute Gasteiger partial charge is 0.326 e.